The van der Waals surface area contributed by atoms with Crippen molar-refractivity contribution in [3.63, 3.8) is 0 Å². The monoisotopic (exact) mass is 246 g/mol. The fraction of sp³-hybridized carbons (Fsp3) is 0.308. The number of aromatic nitrogens is 2. The molecule has 0 bridgehead atoms. The minimum atomic E-state index is 0.681. The van der Waals surface area contributed by atoms with E-state index in [0.29, 0.717) is 12.2 Å². The van der Waals surface area contributed by atoms with Crippen LogP contribution in [-0.2, 0) is 13.6 Å². The topological polar surface area (TPSA) is 65.1 Å². The maximum Gasteiger partial charge on any atom is 0.148 e. The molecule has 3 N–H and O–H groups in total. The van der Waals surface area contributed by atoms with Gasteiger partial charge in [-0.3, -0.25) is 4.68 Å². The molecule has 2 aromatic rings. The molecule has 0 aliphatic heterocycles. The lowest BCUT2D eigenvalue weighted by Gasteiger charge is -2.09. The smallest absolute Gasteiger partial charge is 0.148 e. The van der Waals surface area contributed by atoms with Gasteiger partial charge in [0.1, 0.15) is 11.6 Å². The van der Waals surface area contributed by atoms with Crippen molar-refractivity contribution in [2.45, 2.75) is 13.5 Å². The summed E-state index contributed by atoms with van der Waals surface area (Å²) in [6.07, 6.45) is 0. The molecule has 0 saturated carbocycles. The molecule has 0 fully saturated rings. The first-order valence-corrected chi connectivity index (χ1v) is 5.77. The molecule has 0 aliphatic carbocycles. The molecule has 1 aromatic heterocycles. The van der Waals surface area contributed by atoms with E-state index in [1.807, 2.05) is 38.2 Å². The van der Waals surface area contributed by atoms with Gasteiger partial charge < -0.3 is 15.8 Å². The third kappa shape index (κ3) is 2.40. The number of aryl methyl sites for hydroxylation is 2. The van der Waals surface area contributed by atoms with Gasteiger partial charge in [0.15, 0.2) is 0 Å². The Labute approximate surface area is 107 Å². The zero-order chi connectivity index (χ0) is 13.1. The molecule has 1 aromatic carbocycles. The normalized spacial score (nSPS) is 10.4. The molecule has 0 unspecified atom stereocenters. The van der Waals surface area contributed by atoms with Gasteiger partial charge in [0.05, 0.1) is 18.5 Å². The van der Waals surface area contributed by atoms with E-state index >= 15 is 0 Å². The standard InChI is InChI=1S/C13H18N4O/c1-9-12(14)13(17(2)16-9)15-8-10-5-4-6-11(7-10)18-3/h4-7,15H,8,14H2,1-3H3. The molecule has 0 saturated heterocycles. The number of hydrogen-bond acceptors (Lipinski definition) is 4. The highest BCUT2D eigenvalue weighted by molar-refractivity contribution is 5.64. The van der Waals surface area contributed by atoms with E-state index in [0.717, 1.165) is 22.8 Å². The van der Waals surface area contributed by atoms with Crippen molar-refractivity contribution in [1.29, 1.82) is 0 Å². The molecular formula is C13H18N4O. The molecule has 2 rings (SSSR count). The summed E-state index contributed by atoms with van der Waals surface area (Å²) in [5.74, 6) is 1.69. The summed E-state index contributed by atoms with van der Waals surface area (Å²) >= 11 is 0. The first-order chi connectivity index (χ1) is 8.61. The number of methoxy groups -OCH3 is 1. The number of anilines is 2. The fourth-order valence-electron chi connectivity index (χ4n) is 1.85. The van der Waals surface area contributed by atoms with Crippen molar-refractivity contribution < 1.29 is 4.74 Å². The van der Waals surface area contributed by atoms with E-state index in [4.69, 9.17) is 10.5 Å². The van der Waals surface area contributed by atoms with Crippen LogP contribution in [0.25, 0.3) is 0 Å². The molecule has 1 heterocycles. The molecule has 0 radical (unpaired) electrons. The van der Waals surface area contributed by atoms with E-state index in [9.17, 15) is 0 Å². The Balaban J connectivity index is 2.11. The highest BCUT2D eigenvalue weighted by atomic mass is 16.5. The van der Waals surface area contributed by atoms with Crippen LogP contribution in [0.3, 0.4) is 0 Å². The summed E-state index contributed by atoms with van der Waals surface area (Å²) < 4.78 is 6.94. The molecule has 18 heavy (non-hydrogen) atoms. The average molecular weight is 246 g/mol. The lowest BCUT2D eigenvalue weighted by molar-refractivity contribution is 0.414. The average Bonchev–Trinajstić information content (AvgIpc) is 2.61. The van der Waals surface area contributed by atoms with E-state index in [1.165, 1.54) is 0 Å². The number of nitrogen functional groups attached to an aromatic ring is 1. The van der Waals surface area contributed by atoms with Gasteiger partial charge >= 0.3 is 0 Å². The van der Waals surface area contributed by atoms with E-state index in [2.05, 4.69) is 10.4 Å². The van der Waals surface area contributed by atoms with Gasteiger partial charge in [-0.2, -0.15) is 5.10 Å². The first kappa shape index (κ1) is 12.3. The van der Waals surface area contributed by atoms with E-state index in [1.54, 1.807) is 11.8 Å². The lowest BCUT2D eigenvalue weighted by Crippen LogP contribution is -2.06. The number of rotatable bonds is 4. The summed E-state index contributed by atoms with van der Waals surface area (Å²) in [4.78, 5) is 0. The second kappa shape index (κ2) is 5.00. The lowest BCUT2D eigenvalue weighted by atomic mass is 10.2. The van der Waals surface area contributed by atoms with Gasteiger partial charge in [-0.25, -0.2) is 0 Å². The Kier molecular flexibility index (Phi) is 3.41. The van der Waals surface area contributed by atoms with Crippen LogP contribution in [0.15, 0.2) is 24.3 Å². The predicted molar refractivity (Wildman–Crippen MR) is 72.7 cm³/mol. The zero-order valence-corrected chi connectivity index (χ0v) is 10.9. The minimum Gasteiger partial charge on any atom is -0.497 e. The fourth-order valence-corrected chi connectivity index (χ4v) is 1.85. The second-order valence-corrected chi connectivity index (χ2v) is 4.18. The number of nitrogens with zero attached hydrogens (tertiary/aromatic N) is 2. The first-order valence-electron chi connectivity index (χ1n) is 5.77. The van der Waals surface area contributed by atoms with Crippen molar-refractivity contribution in [1.82, 2.24) is 9.78 Å². The number of ether oxygens (including phenoxy) is 1. The third-order valence-electron chi connectivity index (χ3n) is 2.86. The number of benzene rings is 1. The van der Waals surface area contributed by atoms with Gasteiger partial charge in [-0.05, 0) is 24.6 Å². The Bertz CT molecular complexity index is 548. The van der Waals surface area contributed by atoms with Crippen molar-refractivity contribution >= 4 is 11.5 Å². The maximum absolute atomic E-state index is 5.95. The quantitative estimate of drug-likeness (QED) is 0.865. The van der Waals surface area contributed by atoms with E-state index in [-0.39, 0.29) is 0 Å². The molecule has 0 amide bonds. The summed E-state index contributed by atoms with van der Waals surface area (Å²) in [6, 6.07) is 7.92. The highest BCUT2D eigenvalue weighted by Gasteiger charge is 2.09. The molecular weight excluding hydrogens is 228 g/mol. The molecule has 0 atom stereocenters. The Morgan fingerprint density at radius 2 is 2.22 bits per heavy atom. The van der Waals surface area contributed by atoms with Crippen LogP contribution >= 0.6 is 0 Å². The van der Waals surface area contributed by atoms with Crippen LogP contribution in [0.4, 0.5) is 11.5 Å². The third-order valence-corrected chi connectivity index (χ3v) is 2.86. The molecule has 0 spiro atoms. The number of nitrogens with two attached hydrogens (primary N) is 1. The summed E-state index contributed by atoms with van der Waals surface area (Å²) in [7, 11) is 3.53. The maximum atomic E-state index is 5.95. The number of hydrogen-bond donors (Lipinski definition) is 2. The second-order valence-electron chi connectivity index (χ2n) is 4.18. The van der Waals surface area contributed by atoms with Gasteiger partial charge in [0, 0.05) is 13.6 Å². The molecule has 5 heteroatoms. The largest absolute Gasteiger partial charge is 0.497 e. The molecule has 96 valence electrons. The van der Waals surface area contributed by atoms with Crippen molar-refractivity contribution in [3.8, 4) is 5.75 Å². The van der Waals surface area contributed by atoms with Gasteiger partial charge in [-0.15, -0.1) is 0 Å². The van der Waals surface area contributed by atoms with Crippen molar-refractivity contribution in [2.24, 2.45) is 7.05 Å². The highest BCUT2D eigenvalue weighted by Crippen LogP contribution is 2.22. The summed E-state index contributed by atoms with van der Waals surface area (Å²) in [6.45, 7) is 2.58. The minimum absolute atomic E-state index is 0.681. The van der Waals surface area contributed by atoms with Crippen molar-refractivity contribution in [2.75, 3.05) is 18.2 Å². The van der Waals surface area contributed by atoms with Gasteiger partial charge in [0.2, 0.25) is 0 Å². The number of nitrogens with one attached hydrogen (secondary N) is 1. The van der Waals surface area contributed by atoms with Crippen molar-refractivity contribution in [3.05, 3.63) is 35.5 Å². The van der Waals surface area contributed by atoms with Crippen LogP contribution in [0.2, 0.25) is 0 Å². The van der Waals surface area contributed by atoms with Crippen LogP contribution in [0.1, 0.15) is 11.3 Å². The SMILES string of the molecule is COc1cccc(CNc2c(N)c(C)nn2C)c1. The van der Waals surface area contributed by atoms with Gasteiger partial charge in [-0.1, -0.05) is 12.1 Å². The zero-order valence-electron chi connectivity index (χ0n) is 10.9. The predicted octanol–water partition coefficient (Wildman–Crippen LogP) is 1.93. The van der Waals surface area contributed by atoms with Crippen LogP contribution in [0, 0.1) is 6.92 Å². The van der Waals surface area contributed by atoms with Crippen LogP contribution in [0.5, 0.6) is 5.75 Å². The molecule has 5 nitrogen and oxygen atoms in total. The van der Waals surface area contributed by atoms with E-state index < -0.39 is 0 Å². The summed E-state index contributed by atoms with van der Waals surface area (Å²) in [5, 5.41) is 7.55. The Morgan fingerprint density at radius 1 is 1.44 bits per heavy atom. The van der Waals surface area contributed by atoms with Gasteiger partial charge in [0.25, 0.3) is 0 Å². The van der Waals surface area contributed by atoms with Crippen LogP contribution < -0.4 is 15.8 Å². The molecule has 0 aliphatic rings. The summed E-state index contributed by atoms with van der Waals surface area (Å²) in [5.41, 5.74) is 8.62. The Hall–Kier alpha value is -2.17. The van der Waals surface area contributed by atoms with Crippen LogP contribution in [-0.4, -0.2) is 16.9 Å². The Morgan fingerprint density at radius 3 is 2.83 bits per heavy atom.